The lowest BCUT2D eigenvalue weighted by Gasteiger charge is -2.21. The molecule has 0 bridgehead atoms. The number of nitrogens with zero attached hydrogens (tertiary/aromatic N) is 2. The molecule has 1 N–H and O–H groups in total. The number of ether oxygens (including phenoxy) is 1. The molecule has 1 amide bonds. The van der Waals surface area contributed by atoms with Crippen molar-refractivity contribution >= 4 is 5.91 Å². The zero-order chi connectivity index (χ0) is 15.5. The molecule has 1 aliphatic rings. The second-order valence-electron chi connectivity index (χ2n) is 5.69. The lowest BCUT2D eigenvalue weighted by atomic mass is 10.00. The molecule has 2 heterocycles. The molecule has 22 heavy (non-hydrogen) atoms. The highest BCUT2D eigenvalue weighted by atomic mass is 16.5. The monoisotopic (exact) mass is 299 g/mol. The topological polar surface area (TPSA) is 56.1 Å². The van der Waals surface area contributed by atoms with Crippen molar-refractivity contribution in [2.24, 2.45) is 7.05 Å². The van der Waals surface area contributed by atoms with E-state index in [1.807, 2.05) is 44.3 Å². The smallest absolute Gasteiger partial charge is 0.229 e. The minimum absolute atomic E-state index is 0.00174. The number of aryl methyl sites for hydroxylation is 1. The molecule has 0 unspecified atom stereocenters. The van der Waals surface area contributed by atoms with Gasteiger partial charge in [0.1, 0.15) is 5.75 Å². The maximum absolute atomic E-state index is 12.6. The standard InChI is InChI=1S/C17H21N3O2/c1-12(15-9-10-18-20(15)2)17(21)19-14-7-5-11-22-16-8-4-3-6-13(14)16/h3-4,6,8-10,12,14H,5,7,11H2,1-2H3,(H,19,21)/t12-,14+/m1/s1. The maximum atomic E-state index is 12.6. The summed E-state index contributed by atoms with van der Waals surface area (Å²) in [5, 5.41) is 7.30. The molecule has 0 spiro atoms. The Morgan fingerprint density at radius 2 is 2.23 bits per heavy atom. The number of para-hydroxylation sites is 1. The molecule has 1 aromatic carbocycles. The normalized spacial score (nSPS) is 18.7. The third-order valence-electron chi connectivity index (χ3n) is 4.20. The fourth-order valence-corrected chi connectivity index (χ4v) is 2.91. The van der Waals surface area contributed by atoms with Gasteiger partial charge in [-0.3, -0.25) is 9.48 Å². The van der Waals surface area contributed by atoms with E-state index in [1.54, 1.807) is 10.9 Å². The third-order valence-corrected chi connectivity index (χ3v) is 4.20. The van der Waals surface area contributed by atoms with E-state index >= 15 is 0 Å². The predicted molar refractivity (Wildman–Crippen MR) is 83.7 cm³/mol. The Balaban J connectivity index is 1.78. The second kappa shape index (κ2) is 6.22. The van der Waals surface area contributed by atoms with Gasteiger partial charge in [-0.25, -0.2) is 0 Å². The van der Waals surface area contributed by atoms with Crippen LogP contribution in [-0.2, 0) is 11.8 Å². The van der Waals surface area contributed by atoms with Gasteiger partial charge in [0.15, 0.2) is 0 Å². The van der Waals surface area contributed by atoms with Gasteiger partial charge in [0.05, 0.1) is 24.3 Å². The molecule has 3 rings (SSSR count). The molecule has 5 nitrogen and oxygen atoms in total. The van der Waals surface area contributed by atoms with Crippen molar-refractivity contribution in [2.75, 3.05) is 6.61 Å². The van der Waals surface area contributed by atoms with Crippen LogP contribution < -0.4 is 10.1 Å². The molecule has 1 aliphatic heterocycles. The van der Waals surface area contributed by atoms with Crippen LogP contribution in [0.4, 0.5) is 0 Å². The van der Waals surface area contributed by atoms with Crippen LogP contribution in [0.25, 0.3) is 0 Å². The van der Waals surface area contributed by atoms with Crippen LogP contribution in [0.1, 0.15) is 43.0 Å². The summed E-state index contributed by atoms with van der Waals surface area (Å²) in [7, 11) is 1.86. The van der Waals surface area contributed by atoms with E-state index in [0.717, 1.165) is 29.8 Å². The van der Waals surface area contributed by atoms with Crippen molar-refractivity contribution in [1.82, 2.24) is 15.1 Å². The quantitative estimate of drug-likeness (QED) is 0.947. The van der Waals surface area contributed by atoms with Crippen LogP contribution in [0.2, 0.25) is 0 Å². The molecule has 0 fully saturated rings. The predicted octanol–water partition coefficient (Wildman–Crippen LogP) is 2.55. The maximum Gasteiger partial charge on any atom is 0.229 e. The molecule has 2 atom stereocenters. The van der Waals surface area contributed by atoms with Gasteiger partial charge in [0.25, 0.3) is 0 Å². The molecular formula is C17H21N3O2. The van der Waals surface area contributed by atoms with E-state index < -0.39 is 0 Å². The van der Waals surface area contributed by atoms with Crippen molar-refractivity contribution < 1.29 is 9.53 Å². The molecule has 0 radical (unpaired) electrons. The fourth-order valence-electron chi connectivity index (χ4n) is 2.91. The van der Waals surface area contributed by atoms with Crippen LogP contribution in [0, 0.1) is 0 Å². The van der Waals surface area contributed by atoms with Crippen molar-refractivity contribution in [3.05, 3.63) is 47.8 Å². The Kier molecular flexibility index (Phi) is 4.13. The molecule has 1 aromatic heterocycles. The van der Waals surface area contributed by atoms with Crippen LogP contribution >= 0.6 is 0 Å². The summed E-state index contributed by atoms with van der Waals surface area (Å²) in [5.41, 5.74) is 1.97. The Morgan fingerprint density at radius 3 is 3.00 bits per heavy atom. The first-order valence-electron chi connectivity index (χ1n) is 7.67. The van der Waals surface area contributed by atoms with Crippen molar-refractivity contribution in [2.45, 2.75) is 31.7 Å². The number of carbonyl (C=O) groups is 1. The summed E-state index contributed by atoms with van der Waals surface area (Å²) in [6, 6.07) is 9.82. The van der Waals surface area contributed by atoms with Crippen molar-refractivity contribution in [1.29, 1.82) is 0 Å². The van der Waals surface area contributed by atoms with Gasteiger partial charge >= 0.3 is 0 Å². The molecule has 116 valence electrons. The molecule has 2 aromatic rings. The van der Waals surface area contributed by atoms with Gasteiger partial charge in [0, 0.05) is 18.8 Å². The van der Waals surface area contributed by atoms with Crippen LogP contribution in [0.5, 0.6) is 5.75 Å². The van der Waals surface area contributed by atoms with Gasteiger partial charge in [-0.2, -0.15) is 5.10 Å². The number of hydrogen-bond acceptors (Lipinski definition) is 3. The van der Waals surface area contributed by atoms with E-state index in [-0.39, 0.29) is 17.9 Å². The summed E-state index contributed by atoms with van der Waals surface area (Å²) in [4.78, 5) is 12.6. The van der Waals surface area contributed by atoms with Gasteiger partial charge < -0.3 is 10.1 Å². The SMILES string of the molecule is C[C@@H](C(=O)N[C@H]1CCCOc2ccccc21)c1ccnn1C. The summed E-state index contributed by atoms with van der Waals surface area (Å²) in [5.74, 6) is 0.660. The van der Waals surface area contributed by atoms with E-state index in [1.165, 1.54) is 0 Å². The highest BCUT2D eigenvalue weighted by Gasteiger charge is 2.25. The summed E-state index contributed by atoms with van der Waals surface area (Å²) >= 11 is 0. The second-order valence-corrected chi connectivity index (χ2v) is 5.69. The lowest BCUT2D eigenvalue weighted by Crippen LogP contribution is -2.32. The minimum Gasteiger partial charge on any atom is -0.493 e. The third kappa shape index (κ3) is 2.84. The summed E-state index contributed by atoms with van der Waals surface area (Å²) in [6.45, 7) is 2.60. The number of nitrogens with one attached hydrogen (secondary N) is 1. The number of benzene rings is 1. The Labute approximate surface area is 130 Å². The zero-order valence-electron chi connectivity index (χ0n) is 13.0. The molecule has 5 heteroatoms. The molecular weight excluding hydrogens is 278 g/mol. The van der Waals surface area contributed by atoms with Gasteiger partial charge in [-0.15, -0.1) is 0 Å². The first kappa shape index (κ1) is 14.6. The largest absolute Gasteiger partial charge is 0.493 e. The van der Waals surface area contributed by atoms with Crippen LogP contribution in [-0.4, -0.2) is 22.3 Å². The Hall–Kier alpha value is -2.30. The number of aromatic nitrogens is 2. The summed E-state index contributed by atoms with van der Waals surface area (Å²) < 4.78 is 7.49. The van der Waals surface area contributed by atoms with Gasteiger partial charge in [0.2, 0.25) is 5.91 Å². The number of fused-ring (bicyclic) bond motifs is 1. The van der Waals surface area contributed by atoms with Crippen molar-refractivity contribution in [3.63, 3.8) is 0 Å². The molecule has 0 aliphatic carbocycles. The lowest BCUT2D eigenvalue weighted by molar-refractivity contribution is -0.123. The first-order chi connectivity index (χ1) is 10.7. The van der Waals surface area contributed by atoms with Crippen LogP contribution in [0.15, 0.2) is 36.5 Å². The summed E-state index contributed by atoms with van der Waals surface area (Å²) in [6.07, 6.45) is 3.54. The van der Waals surface area contributed by atoms with Gasteiger partial charge in [-0.1, -0.05) is 18.2 Å². The minimum atomic E-state index is -0.233. The van der Waals surface area contributed by atoms with Crippen molar-refractivity contribution in [3.8, 4) is 5.75 Å². The highest BCUT2D eigenvalue weighted by Crippen LogP contribution is 2.31. The zero-order valence-corrected chi connectivity index (χ0v) is 13.0. The number of hydrogen-bond donors (Lipinski definition) is 1. The van der Waals surface area contributed by atoms with Crippen LogP contribution in [0.3, 0.4) is 0 Å². The van der Waals surface area contributed by atoms with E-state index in [9.17, 15) is 4.79 Å². The average molecular weight is 299 g/mol. The van der Waals surface area contributed by atoms with E-state index in [2.05, 4.69) is 10.4 Å². The number of amides is 1. The Bertz CT molecular complexity index is 665. The average Bonchev–Trinajstić information content (AvgIpc) is 2.85. The number of rotatable bonds is 3. The van der Waals surface area contributed by atoms with E-state index in [4.69, 9.17) is 4.74 Å². The Morgan fingerprint density at radius 1 is 1.41 bits per heavy atom. The number of carbonyl (C=O) groups excluding carboxylic acids is 1. The fraction of sp³-hybridized carbons (Fsp3) is 0.412. The van der Waals surface area contributed by atoms with Gasteiger partial charge in [-0.05, 0) is 31.9 Å². The molecule has 0 saturated heterocycles. The van der Waals surface area contributed by atoms with E-state index in [0.29, 0.717) is 6.61 Å². The molecule has 0 saturated carbocycles. The highest BCUT2D eigenvalue weighted by molar-refractivity contribution is 5.83. The first-order valence-corrected chi connectivity index (χ1v) is 7.67.